The Hall–Kier alpha value is -4.03. The van der Waals surface area contributed by atoms with Crippen molar-refractivity contribution in [2.75, 3.05) is 0 Å². The van der Waals surface area contributed by atoms with Crippen molar-refractivity contribution in [2.45, 2.75) is 6.54 Å². The van der Waals surface area contributed by atoms with Crippen molar-refractivity contribution in [1.82, 2.24) is 29.1 Å². The van der Waals surface area contributed by atoms with Crippen molar-refractivity contribution in [1.29, 1.82) is 5.26 Å². The number of nitrogens with zero attached hydrogens (tertiary/aromatic N) is 6. The highest BCUT2D eigenvalue weighted by Gasteiger charge is 2.15. The molecule has 1 N–H and O–H groups in total. The van der Waals surface area contributed by atoms with Crippen LogP contribution >= 0.6 is 11.6 Å². The second-order valence-corrected chi connectivity index (χ2v) is 6.94. The molecule has 146 valence electrons. The van der Waals surface area contributed by atoms with Gasteiger partial charge < -0.3 is 4.98 Å². The summed E-state index contributed by atoms with van der Waals surface area (Å²) in [5.74, 6) is -0.284. The van der Waals surface area contributed by atoms with E-state index in [2.05, 4.69) is 26.0 Å². The SMILES string of the molecule is N#Cc1ccc2ncn(-c3ncc4[nH]c(=O)n(Cc5cccc(F)c5Cl)c4n3)c2c1. The predicted molar refractivity (Wildman–Crippen MR) is 108 cm³/mol. The van der Waals surface area contributed by atoms with Crippen LogP contribution in [0.4, 0.5) is 4.39 Å². The van der Waals surface area contributed by atoms with Gasteiger partial charge in [-0.2, -0.15) is 10.2 Å². The summed E-state index contributed by atoms with van der Waals surface area (Å²) in [4.78, 5) is 28.3. The standard InChI is InChI=1S/C20H11ClFN7O/c21-17-12(2-1-3-13(17)22)9-28-18-15(26-20(28)30)8-24-19(27-18)29-10-25-14-5-4-11(7-23)6-16(14)29/h1-6,8,10H,9H2,(H,26,30). The minimum atomic E-state index is -0.560. The first-order valence-corrected chi connectivity index (χ1v) is 9.19. The molecule has 0 spiro atoms. The van der Waals surface area contributed by atoms with E-state index < -0.39 is 11.5 Å². The average molecular weight is 420 g/mol. The minimum Gasteiger partial charge on any atom is -0.303 e. The van der Waals surface area contributed by atoms with Gasteiger partial charge in [0.05, 0.1) is 40.4 Å². The van der Waals surface area contributed by atoms with Gasteiger partial charge in [-0.1, -0.05) is 23.7 Å². The van der Waals surface area contributed by atoms with Gasteiger partial charge in [-0.25, -0.2) is 19.2 Å². The first-order chi connectivity index (χ1) is 14.5. The van der Waals surface area contributed by atoms with Crippen LogP contribution in [0.1, 0.15) is 11.1 Å². The molecule has 5 aromatic rings. The lowest BCUT2D eigenvalue weighted by Crippen LogP contribution is -2.18. The van der Waals surface area contributed by atoms with E-state index in [1.807, 2.05) is 0 Å². The molecule has 0 saturated heterocycles. The molecule has 0 amide bonds. The number of H-pyrrole nitrogens is 1. The molecule has 3 heterocycles. The Labute approximate surface area is 172 Å². The van der Waals surface area contributed by atoms with Crippen LogP contribution in [0.25, 0.3) is 28.1 Å². The minimum absolute atomic E-state index is 0.0368. The van der Waals surface area contributed by atoms with E-state index >= 15 is 0 Å². The zero-order valence-electron chi connectivity index (χ0n) is 15.2. The topological polar surface area (TPSA) is 105 Å². The zero-order valence-corrected chi connectivity index (χ0v) is 15.9. The van der Waals surface area contributed by atoms with E-state index in [4.69, 9.17) is 16.9 Å². The molecule has 8 nitrogen and oxygen atoms in total. The maximum atomic E-state index is 13.8. The number of hydrogen-bond acceptors (Lipinski definition) is 5. The van der Waals surface area contributed by atoms with Crippen molar-refractivity contribution < 1.29 is 4.39 Å². The number of nitriles is 1. The Balaban J connectivity index is 1.67. The second-order valence-electron chi connectivity index (χ2n) is 6.57. The molecule has 0 fully saturated rings. The molecule has 0 unspecified atom stereocenters. The normalized spacial score (nSPS) is 11.2. The van der Waals surface area contributed by atoms with Crippen LogP contribution in [0.3, 0.4) is 0 Å². The molecule has 0 atom stereocenters. The Morgan fingerprint density at radius 3 is 2.93 bits per heavy atom. The highest BCUT2D eigenvalue weighted by molar-refractivity contribution is 6.31. The summed E-state index contributed by atoms with van der Waals surface area (Å²) in [6.07, 6.45) is 3.04. The van der Waals surface area contributed by atoms with Crippen LogP contribution in [0.5, 0.6) is 0 Å². The average Bonchev–Trinajstić information content (AvgIpc) is 3.31. The first-order valence-electron chi connectivity index (χ1n) is 8.81. The number of rotatable bonds is 3. The number of imidazole rings is 2. The molecular weight excluding hydrogens is 409 g/mol. The second kappa shape index (κ2) is 6.79. The Morgan fingerprint density at radius 2 is 2.10 bits per heavy atom. The number of aromatic nitrogens is 6. The smallest absolute Gasteiger partial charge is 0.303 e. The number of halogens is 2. The Kier molecular flexibility index (Phi) is 4.08. The third-order valence-electron chi connectivity index (χ3n) is 4.75. The van der Waals surface area contributed by atoms with E-state index in [0.717, 1.165) is 0 Å². The maximum absolute atomic E-state index is 13.8. The molecule has 10 heteroatoms. The molecule has 30 heavy (non-hydrogen) atoms. The highest BCUT2D eigenvalue weighted by atomic mass is 35.5. The predicted octanol–water partition coefficient (Wildman–Crippen LogP) is 3.17. The fourth-order valence-corrected chi connectivity index (χ4v) is 3.46. The zero-order chi connectivity index (χ0) is 20.8. The fraction of sp³-hybridized carbons (Fsp3) is 0.0500. The van der Waals surface area contributed by atoms with Crippen LogP contribution in [0.15, 0.2) is 53.7 Å². The molecule has 5 rings (SSSR count). The lowest BCUT2D eigenvalue weighted by atomic mass is 10.2. The quantitative estimate of drug-likeness (QED) is 0.483. The van der Waals surface area contributed by atoms with Gasteiger partial charge in [0.15, 0.2) is 5.65 Å². The van der Waals surface area contributed by atoms with E-state index in [9.17, 15) is 9.18 Å². The molecule has 0 bridgehead atoms. The summed E-state index contributed by atoms with van der Waals surface area (Å²) in [6, 6.07) is 11.6. The van der Waals surface area contributed by atoms with E-state index in [1.165, 1.54) is 22.9 Å². The lowest BCUT2D eigenvalue weighted by molar-refractivity contribution is 0.623. The van der Waals surface area contributed by atoms with E-state index in [-0.39, 0.29) is 17.5 Å². The molecular formula is C20H11ClFN7O. The van der Waals surface area contributed by atoms with Gasteiger partial charge in [0.1, 0.15) is 17.7 Å². The summed E-state index contributed by atoms with van der Waals surface area (Å²) in [7, 11) is 0. The van der Waals surface area contributed by atoms with Crippen molar-refractivity contribution in [3.05, 3.63) is 81.4 Å². The molecule has 3 aromatic heterocycles. The number of benzene rings is 2. The molecule has 0 aliphatic heterocycles. The summed E-state index contributed by atoms with van der Waals surface area (Å²) in [5, 5.41) is 9.12. The molecule has 0 aliphatic carbocycles. The summed E-state index contributed by atoms with van der Waals surface area (Å²) in [6.45, 7) is 0.0368. The third kappa shape index (κ3) is 2.82. The van der Waals surface area contributed by atoms with E-state index in [0.29, 0.717) is 33.3 Å². The van der Waals surface area contributed by atoms with Crippen LogP contribution in [0, 0.1) is 17.1 Å². The van der Waals surface area contributed by atoms with Gasteiger partial charge in [0.2, 0.25) is 5.95 Å². The van der Waals surface area contributed by atoms with Crippen molar-refractivity contribution in [2.24, 2.45) is 0 Å². The Bertz CT molecular complexity index is 1540. The van der Waals surface area contributed by atoms with Crippen LogP contribution < -0.4 is 5.69 Å². The van der Waals surface area contributed by atoms with Gasteiger partial charge >= 0.3 is 5.69 Å². The summed E-state index contributed by atoms with van der Waals surface area (Å²) >= 11 is 6.05. The van der Waals surface area contributed by atoms with Crippen LogP contribution in [-0.2, 0) is 6.54 Å². The maximum Gasteiger partial charge on any atom is 0.328 e. The van der Waals surface area contributed by atoms with Crippen LogP contribution in [0.2, 0.25) is 5.02 Å². The third-order valence-corrected chi connectivity index (χ3v) is 5.17. The first kappa shape index (κ1) is 18.0. The van der Waals surface area contributed by atoms with Gasteiger partial charge in [0.25, 0.3) is 0 Å². The monoisotopic (exact) mass is 419 g/mol. The lowest BCUT2D eigenvalue weighted by Gasteiger charge is -2.07. The van der Waals surface area contributed by atoms with Gasteiger partial charge in [-0.05, 0) is 29.8 Å². The molecule has 0 saturated carbocycles. The van der Waals surface area contributed by atoms with Gasteiger partial charge in [0, 0.05) is 0 Å². The Morgan fingerprint density at radius 1 is 1.23 bits per heavy atom. The largest absolute Gasteiger partial charge is 0.328 e. The summed E-state index contributed by atoms with van der Waals surface area (Å²) < 4.78 is 16.8. The number of fused-ring (bicyclic) bond motifs is 2. The van der Waals surface area contributed by atoms with Crippen molar-refractivity contribution >= 4 is 33.8 Å². The highest BCUT2D eigenvalue weighted by Crippen LogP contribution is 2.22. The van der Waals surface area contributed by atoms with Crippen molar-refractivity contribution in [3.8, 4) is 12.0 Å². The number of aromatic amines is 1. The van der Waals surface area contributed by atoms with Gasteiger partial charge in [-0.3, -0.25) is 9.13 Å². The molecule has 0 aliphatic rings. The number of nitrogens with one attached hydrogen (secondary N) is 1. The number of hydrogen-bond donors (Lipinski definition) is 1. The summed E-state index contributed by atoms with van der Waals surface area (Å²) in [5.41, 5.74) is 2.61. The van der Waals surface area contributed by atoms with Crippen LogP contribution in [-0.4, -0.2) is 29.1 Å². The van der Waals surface area contributed by atoms with E-state index in [1.54, 1.807) is 35.2 Å². The van der Waals surface area contributed by atoms with Gasteiger partial charge in [-0.15, -0.1) is 0 Å². The van der Waals surface area contributed by atoms with Crippen molar-refractivity contribution in [3.63, 3.8) is 0 Å². The molecule has 0 radical (unpaired) electrons. The fourth-order valence-electron chi connectivity index (χ4n) is 3.28. The molecule has 2 aromatic carbocycles.